The lowest BCUT2D eigenvalue weighted by Gasteiger charge is -2.18. The predicted octanol–water partition coefficient (Wildman–Crippen LogP) is 16.4. The zero-order chi connectivity index (χ0) is 43.5. The Hall–Kier alpha value is -3.44. The van der Waals surface area contributed by atoms with E-state index in [9.17, 15) is 9.59 Å². The van der Waals surface area contributed by atoms with Crippen LogP contribution in [0, 0.1) is 0 Å². The molecule has 0 N–H and O–H groups in total. The van der Waals surface area contributed by atoms with Gasteiger partial charge in [0.25, 0.3) is 0 Å². The number of rotatable bonds is 43. The first-order valence-electron chi connectivity index (χ1n) is 24.4. The summed E-state index contributed by atoms with van der Waals surface area (Å²) in [5, 5.41) is 0. The Morgan fingerprint density at radius 3 is 1.30 bits per heavy atom. The second kappa shape index (κ2) is 49.9. The van der Waals surface area contributed by atoms with Crippen LogP contribution < -0.4 is 0 Å². The zero-order valence-corrected chi connectivity index (χ0v) is 38.9. The van der Waals surface area contributed by atoms with Crippen molar-refractivity contribution in [3.8, 4) is 0 Å². The Morgan fingerprint density at radius 1 is 0.383 bits per heavy atom. The number of ether oxygens (including phenoxy) is 3. The average Bonchev–Trinajstić information content (AvgIpc) is 3.25. The van der Waals surface area contributed by atoms with Crippen LogP contribution in [0.5, 0.6) is 0 Å². The molecule has 0 rings (SSSR count). The van der Waals surface area contributed by atoms with Gasteiger partial charge in [0.15, 0.2) is 6.10 Å². The maximum Gasteiger partial charge on any atom is 0.306 e. The molecule has 0 bridgehead atoms. The first-order chi connectivity index (χ1) is 29.6. The number of esters is 2. The topological polar surface area (TPSA) is 61.8 Å². The molecule has 60 heavy (non-hydrogen) atoms. The maximum atomic E-state index is 12.6. The van der Waals surface area contributed by atoms with E-state index in [-0.39, 0.29) is 25.2 Å². The molecule has 0 saturated heterocycles. The number of hydrogen-bond acceptors (Lipinski definition) is 5. The van der Waals surface area contributed by atoms with Gasteiger partial charge >= 0.3 is 11.9 Å². The molecule has 0 radical (unpaired) electrons. The molecule has 0 aromatic carbocycles. The number of carbonyl (C=O) groups excluding carboxylic acids is 2. The highest BCUT2D eigenvalue weighted by atomic mass is 16.6. The summed E-state index contributed by atoms with van der Waals surface area (Å²) in [7, 11) is 0. The van der Waals surface area contributed by atoms with Gasteiger partial charge in [0, 0.05) is 19.4 Å². The largest absolute Gasteiger partial charge is 0.462 e. The van der Waals surface area contributed by atoms with E-state index in [1.165, 1.54) is 77.0 Å². The van der Waals surface area contributed by atoms with Crippen molar-refractivity contribution in [2.75, 3.05) is 19.8 Å². The van der Waals surface area contributed by atoms with Crippen LogP contribution in [0.2, 0.25) is 0 Å². The molecule has 340 valence electrons. The molecular formula is C55H90O5. The normalized spacial score (nSPS) is 13.2. The standard InChI is InChI=1S/C55H90O5/c1-4-7-10-13-15-17-19-21-23-25-27-29-31-33-35-37-39-41-44-47-50-58-51-53(60-55(57)49-46-42-12-9-6-3)52-59-54(56)48-45-43-40-38-36-34-32-30-28-26-24-22-20-18-16-14-11-8-5-2/h8,11,15-18,21-24,27-30,34,36,40,43,53H,4-7,9-10,12-14,19-20,25-26,31-33,35,37-39,41-42,44-52H2,1-3H3/b11-8-,17-15-,18-16-,23-21-,24-22-,29-27-,30-28-,36-34-,43-40-. The van der Waals surface area contributed by atoms with Crippen molar-refractivity contribution in [2.24, 2.45) is 0 Å². The van der Waals surface area contributed by atoms with E-state index in [1.807, 2.05) is 6.08 Å². The van der Waals surface area contributed by atoms with Gasteiger partial charge in [-0.3, -0.25) is 9.59 Å². The van der Waals surface area contributed by atoms with Gasteiger partial charge in [-0.25, -0.2) is 0 Å². The van der Waals surface area contributed by atoms with E-state index in [2.05, 4.69) is 124 Å². The van der Waals surface area contributed by atoms with Crippen LogP contribution in [0.25, 0.3) is 0 Å². The lowest BCUT2D eigenvalue weighted by atomic mass is 10.1. The molecule has 5 heteroatoms. The number of allylic oxidation sites excluding steroid dienone is 18. The summed E-state index contributed by atoms with van der Waals surface area (Å²) in [4.78, 5) is 25.0. The molecule has 0 saturated carbocycles. The first-order valence-corrected chi connectivity index (χ1v) is 24.4. The number of carbonyl (C=O) groups is 2. The van der Waals surface area contributed by atoms with Gasteiger partial charge in [0.05, 0.1) is 6.61 Å². The molecule has 0 spiro atoms. The molecular weight excluding hydrogens is 741 g/mol. The third kappa shape index (κ3) is 47.2. The Bertz CT molecular complexity index is 1210. The van der Waals surface area contributed by atoms with Gasteiger partial charge < -0.3 is 14.2 Å². The Morgan fingerprint density at radius 2 is 0.783 bits per heavy atom. The number of unbranched alkanes of at least 4 members (excludes halogenated alkanes) is 14. The molecule has 0 aliphatic rings. The fourth-order valence-electron chi connectivity index (χ4n) is 6.19. The molecule has 0 heterocycles. The summed E-state index contributed by atoms with van der Waals surface area (Å²) in [5.74, 6) is -0.520. The van der Waals surface area contributed by atoms with Crippen molar-refractivity contribution in [3.05, 3.63) is 109 Å². The minimum absolute atomic E-state index is 0.0346. The summed E-state index contributed by atoms with van der Waals surface area (Å²) in [5.41, 5.74) is 0. The molecule has 1 atom stereocenters. The minimum Gasteiger partial charge on any atom is -0.462 e. The van der Waals surface area contributed by atoms with Gasteiger partial charge in [0.1, 0.15) is 6.61 Å². The lowest BCUT2D eigenvalue weighted by molar-refractivity contribution is -0.162. The van der Waals surface area contributed by atoms with Gasteiger partial charge in [-0.1, -0.05) is 201 Å². The summed E-state index contributed by atoms with van der Waals surface area (Å²) >= 11 is 0. The Kier molecular flexibility index (Phi) is 47.1. The van der Waals surface area contributed by atoms with Crippen molar-refractivity contribution in [2.45, 2.75) is 207 Å². The highest BCUT2D eigenvalue weighted by Crippen LogP contribution is 2.11. The fourth-order valence-corrected chi connectivity index (χ4v) is 6.19. The van der Waals surface area contributed by atoms with Crippen molar-refractivity contribution in [3.63, 3.8) is 0 Å². The average molecular weight is 831 g/mol. The lowest BCUT2D eigenvalue weighted by Crippen LogP contribution is -2.30. The van der Waals surface area contributed by atoms with E-state index in [4.69, 9.17) is 14.2 Å². The third-order valence-electron chi connectivity index (χ3n) is 9.81. The van der Waals surface area contributed by atoms with E-state index in [1.54, 1.807) is 0 Å². The summed E-state index contributed by atoms with van der Waals surface area (Å²) in [6.07, 6.45) is 68.5. The molecule has 1 unspecified atom stereocenters. The van der Waals surface area contributed by atoms with Crippen molar-refractivity contribution in [1.29, 1.82) is 0 Å². The molecule has 0 aromatic heterocycles. The fraction of sp³-hybridized carbons (Fsp3) is 0.636. The summed E-state index contributed by atoms with van der Waals surface area (Å²) in [6.45, 7) is 7.49. The molecule has 0 amide bonds. The summed E-state index contributed by atoms with van der Waals surface area (Å²) < 4.78 is 17.2. The summed E-state index contributed by atoms with van der Waals surface area (Å²) in [6, 6.07) is 0. The molecule has 0 fully saturated rings. The third-order valence-corrected chi connectivity index (χ3v) is 9.81. The van der Waals surface area contributed by atoms with E-state index < -0.39 is 6.10 Å². The zero-order valence-electron chi connectivity index (χ0n) is 38.9. The van der Waals surface area contributed by atoms with Gasteiger partial charge in [-0.05, 0) is 96.3 Å². The van der Waals surface area contributed by atoms with Crippen LogP contribution in [-0.4, -0.2) is 37.9 Å². The molecule has 0 aromatic rings. The van der Waals surface area contributed by atoms with Crippen LogP contribution in [0.4, 0.5) is 0 Å². The predicted molar refractivity (Wildman–Crippen MR) is 260 cm³/mol. The van der Waals surface area contributed by atoms with Gasteiger partial charge in [0.2, 0.25) is 0 Å². The minimum atomic E-state index is -0.574. The number of hydrogen-bond donors (Lipinski definition) is 0. The Labute approximate surface area is 370 Å². The molecule has 0 aliphatic heterocycles. The van der Waals surface area contributed by atoms with Crippen molar-refractivity contribution in [1.82, 2.24) is 0 Å². The van der Waals surface area contributed by atoms with Crippen LogP contribution in [0.15, 0.2) is 109 Å². The monoisotopic (exact) mass is 831 g/mol. The van der Waals surface area contributed by atoms with Crippen LogP contribution in [0.3, 0.4) is 0 Å². The molecule has 0 aliphatic carbocycles. The quantitative estimate of drug-likeness (QED) is 0.0348. The van der Waals surface area contributed by atoms with E-state index >= 15 is 0 Å². The first kappa shape index (κ1) is 56.6. The van der Waals surface area contributed by atoms with Crippen LogP contribution in [-0.2, 0) is 23.8 Å². The highest BCUT2D eigenvalue weighted by molar-refractivity contribution is 5.70. The second-order valence-corrected chi connectivity index (χ2v) is 15.6. The van der Waals surface area contributed by atoms with E-state index in [0.717, 1.165) is 83.5 Å². The van der Waals surface area contributed by atoms with Crippen LogP contribution in [0.1, 0.15) is 201 Å². The Balaban J connectivity index is 4.19. The second-order valence-electron chi connectivity index (χ2n) is 15.6. The van der Waals surface area contributed by atoms with Crippen molar-refractivity contribution < 1.29 is 23.8 Å². The molecule has 5 nitrogen and oxygen atoms in total. The maximum absolute atomic E-state index is 12.6. The SMILES string of the molecule is CC/C=C\C/C=C\C/C=C\C/C=C\C/C=C\C/C=C\CCC(=O)OCC(COCCCCCCCCC/C=C\C/C=C\C/C=C\CCCCC)OC(=O)CCCCCCC. The van der Waals surface area contributed by atoms with E-state index in [0.29, 0.717) is 25.9 Å². The van der Waals surface area contributed by atoms with Gasteiger partial charge in [-0.15, -0.1) is 0 Å². The highest BCUT2D eigenvalue weighted by Gasteiger charge is 2.17. The van der Waals surface area contributed by atoms with Crippen molar-refractivity contribution >= 4 is 11.9 Å². The van der Waals surface area contributed by atoms with Crippen LogP contribution >= 0.6 is 0 Å². The smallest absolute Gasteiger partial charge is 0.306 e. The van der Waals surface area contributed by atoms with Gasteiger partial charge in [-0.2, -0.15) is 0 Å².